The fraction of sp³-hybridized carbons (Fsp3) is 0.333. The summed E-state index contributed by atoms with van der Waals surface area (Å²) in [6.45, 7) is 3.67. The highest BCUT2D eigenvalue weighted by molar-refractivity contribution is 7.99. The van der Waals surface area contributed by atoms with Crippen LogP contribution in [0, 0.1) is 5.82 Å². The van der Waals surface area contributed by atoms with Crippen LogP contribution < -0.4 is 10.6 Å². The zero-order valence-electron chi connectivity index (χ0n) is 12.3. The number of urea groups is 1. The van der Waals surface area contributed by atoms with E-state index in [1.165, 1.54) is 17.8 Å². The molecule has 0 spiro atoms. The number of amides is 2. The van der Waals surface area contributed by atoms with E-state index in [0.29, 0.717) is 16.2 Å². The number of rotatable bonds is 5. The van der Waals surface area contributed by atoms with Gasteiger partial charge < -0.3 is 15.4 Å². The second-order valence-electron chi connectivity index (χ2n) is 4.65. The molecule has 0 bridgehead atoms. The van der Waals surface area contributed by atoms with Crippen LogP contribution in [0.2, 0.25) is 0 Å². The Kier molecular flexibility index (Phi) is 5.43. The van der Waals surface area contributed by atoms with Crippen molar-refractivity contribution in [1.82, 2.24) is 10.6 Å². The van der Waals surface area contributed by atoms with Crippen LogP contribution in [-0.2, 0) is 9.53 Å². The molecular formula is C15H17FN2O3S. The van der Waals surface area contributed by atoms with Gasteiger partial charge in [0.1, 0.15) is 5.82 Å². The number of hydrogen-bond acceptors (Lipinski definition) is 4. The highest BCUT2D eigenvalue weighted by Crippen LogP contribution is 2.25. The maximum absolute atomic E-state index is 13.6. The van der Waals surface area contributed by atoms with Crippen molar-refractivity contribution in [3.8, 4) is 0 Å². The van der Waals surface area contributed by atoms with Gasteiger partial charge in [0, 0.05) is 16.3 Å². The lowest BCUT2D eigenvalue weighted by molar-refractivity contribution is -0.138. The molecule has 1 atom stereocenters. The third kappa shape index (κ3) is 3.79. The van der Waals surface area contributed by atoms with Crippen molar-refractivity contribution >= 4 is 23.8 Å². The van der Waals surface area contributed by atoms with E-state index in [-0.39, 0.29) is 24.2 Å². The summed E-state index contributed by atoms with van der Waals surface area (Å²) in [7, 11) is 0. The van der Waals surface area contributed by atoms with Crippen LogP contribution in [0.4, 0.5) is 9.18 Å². The fourth-order valence-corrected chi connectivity index (χ4v) is 3.01. The summed E-state index contributed by atoms with van der Waals surface area (Å²) in [6, 6.07) is 5.52. The Morgan fingerprint density at radius 3 is 2.82 bits per heavy atom. The zero-order chi connectivity index (χ0) is 16.1. The predicted molar refractivity (Wildman–Crippen MR) is 81.9 cm³/mol. The van der Waals surface area contributed by atoms with Crippen molar-refractivity contribution in [2.75, 3.05) is 12.4 Å². The molecule has 118 valence electrons. The Labute approximate surface area is 132 Å². The van der Waals surface area contributed by atoms with Crippen LogP contribution in [-0.4, -0.2) is 30.4 Å². The van der Waals surface area contributed by atoms with E-state index >= 15 is 0 Å². The van der Waals surface area contributed by atoms with Gasteiger partial charge in [-0.25, -0.2) is 14.0 Å². The third-order valence-corrected chi connectivity index (χ3v) is 4.15. The summed E-state index contributed by atoms with van der Waals surface area (Å²) >= 11 is 1.21. The summed E-state index contributed by atoms with van der Waals surface area (Å²) in [4.78, 5) is 24.1. The van der Waals surface area contributed by atoms with Gasteiger partial charge in [-0.1, -0.05) is 12.1 Å². The maximum Gasteiger partial charge on any atom is 0.337 e. The molecule has 0 saturated carbocycles. The zero-order valence-corrected chi connectivity index (χ0v) is 13.1. The molecule has 22 heavy (non-hydrogen) atoms. The van der Waals surface area contributed by atoms with Crippen molar-refractivity contribution in [2.24, 2.45) is 0 Å². The lowest BCUT2D eigenvalue weighted by atomic mass is 10.1. The van der Waals surface area contributed by atoms with Gasteiger partial charge in [-0.2, -0.15) is 0 Å². The van der Waals surface area contributed by atoms with Crippen LogP contribution in [0.5, 0.6) is 0 Å². The van der Waals surface area contributed by atoms with E-state index in [0.717, 1.165) is 0 Å². The predicted octanol–water partition coefficient (Wildman–Crippen LogP) is 2.44. The molecule has 0 saturated heterocycles. The van der Waals surface area contributed by atoms with Gasteiger partial charge in [0.05, 0.1) is 18.2 Å². The van der Waals surface area contributed by atoms with Crippen LogP contribution in [0.25, 0.3) is 0 Å². The van der Waals surface area contributed by atoms with E-state index in [1.807, 2.05) is 0 Å². The molecule has 0 fully saturated rings. The maximum atomic E-state index is 13.6. The molecule has 2 amide bonds. The van der Waals surface area contributed by atoms with E-state index in [4.69, 9.17) is 4.74 Å². The van der Waals surface area contributed by atoms with E-state index < -0.39 is 12.0 Å². The quantitative estimate of drug-likeness (QED) is 0.645. The molecule has 0 aliphatic carbocycles. The van der Waals surface area contributed by atoms with E-state index in [9.17, 15) is 14.0 Å². The third-order valence-electron chi connectivity index (χ3n) is 3.07. The second kappa shape index (κ2) is 7.31. The van der Waals surface area contributed by atoms with Crippen molar-refractivity contribution in [1.29, 1.82) is 0 Å². The number of thioether (sulfide) groups is 1. The van der Waals surface area contributed by atoms with Gasteiger partial charge >= 0.3 is 12.0 Å². The Balaban J connectivity index is 2.22. The monoisotopic (exact) mass is 324 g/mol. The molecule has 1 aliphatic rings. The first-order valence-corrected chi connectivity index (χ1v) is 7.86. The van der Waals surface area contributed by atoms with Crippen LogP contribution in [0.1, 0.15) is 13.8 Å². The molecule has 2 rings (SSSR count). The molecular weight excluding hydrogens is 307 g/mol. The molecule has 1 aromatic rings. The first kappa shape index (κ1) is 16.4. The van der Waals surface area contributed by atoms with Gasteiger partial charge in [-0.05, 0) is 26.0 Å². The molecule has 1 aromatic carbocycles. The van der Waals surface area contributed by atoms with E-state index in [2.05, 4.69) is 10.6 Å². The molecule has 0 radical (unpaired) electrons. The Bertz CT molecular complexity index is 619. The number of carbonyl (C=O) groups is 2. The minimum absolute atomic E-state index is 0.247. The topological polar surface area (TPSA) is 67.4 Å². The Hall–Kier alpha value is -2.02. The Morgan fingerprint density at radius 2 is 2.14 bits per heavy atom. The first-order chi connectivity index (χ1) is 10.5. The number of esters is 1. The molecule has 5 nitrogen and oxygen atoms in total. The first-order valence-electron chi connectivity index (χ1n) is 6.88. The number of nitrogens with one attached hydrogen (secondary N) is 2. The second-order valence-corrected chi connectivity index (χ2v) is 5.67. The van der Waals surface area contributed by atoms with Gasteiger partial charge in [0.2, 0.25) is 0 Å². The van der Waals surface area contributed by atoms with Crippen LogP contribution in [0.15, 0.2) is 40.4 Å². The molecule has 1 unspecified atom stereocenters. The number of ether oxygens (including phenoxy) is 1. The fourth-order valence-electron chi connectivity index (χ4n) is 2.10. The average molecular weight is 324 g/mol. The van der Waals surface area contributed by atoms with E-state index in [1.54, 1.807) is 32.0 Å². The minimum atomic E-state index is -0.480. The number of carbonyl (C=O) groups excluding carboxylic acids is 2. The SMILES string of the molecule is CCOC(=O)C1=C(CSc2ccccc2F)NC(=O)NC1C. The summed E-state index contributed by atoms with van der Waals surface area (Å²) in [5.41, 5.74) is 0.813. The normalized spacial score (nSPS) is 17.8. The van der Waals surface area contributed by atoms with Gasteiger partial charge in [0.15, 0.2) is 0 Å². The minimum Gasteiger partial charge on any atom is -0.463 e. The molecule has 1 aliphatic heterocycles. The van der Waals surface area contributed by atoms with Crippen molar-refractivity contribution in [2.45, 2.75) is 24.8 Å². The van der Waals surface area contributed by atoms with Crippen LogP contribution in [0.3, 0.4) is 0 Å². The molecule has 0 aromatic heterocycles. The van der Waals surface area contributed by atoms with Crippen molar-refractivity contribution in [3.63, 3.8) is 0 Å². The van der Waals surface area contributed by atoms with Crippen molar-refractivity contribution < 1.29 is 18.7 Å². The average Bonchev–Trinajstić information content (AvgIpc) is 2.46. The van der Waals surface area contributed by atoms with Gasteiger partial charge in [-0.3, -0.25) is 0 Å². The molecule has 2 N–H and O–H groups in total. The smallest absolute Gasteiger partial charge is 0.337 e. The number of hydrogen-bond donors (Lipinski definition) is 2. The molecule has 1 heterocycles. The lowest BCUT2D eigenvalue weighted by Gasteiger charge is -2.26. The summed E-state index contributed by atoms with van der Waals surface area (Å²) < 4.78 is 18.7. The summed E-state index contributed by atoms with van der Waals surface area (Å²) in [6.07, 6.45) is 0. The van der Waals surface area contributed by atoms with Crippen LogP contribution >= 0.6 is 11.8 Å². The number of halogens is 1. The highest BCUT2D eigenvalue weighted by Gasteiger charge is 2.29. The standard InChI is InChI=1S/C15H17FN2O3S/c1-3-21-14(19)13-9(2)17-15(20)18-11(13)8-22-12-7-5-4-6-10(12)16/h4-7,9H,3,8H2,1-2H3,(H2,17,18,20). The number of benzene rings is 1. The summed E-state index contributed by atoms with van der Waals surface area (Å²) in [5.74, 6) is -0.543. The van der Waals surface area contributed by atoms with Crippen molar-refractivity contribution in [3.05, 3.63) is 41.4 Å². The van der Waals surface area contributed by atoms with Gasteiger partial charge in [-0.15, -0.1) is 11.8 Å². The highest BCUT2D eigenvalue weighted by atomic mass is 32.2. The molecule has 7 heteroatoms. The lowest BCUT2D eigenvalue weighted by Crippen LogP contribution is -2.49. The summed E-state index contributed by atoms with van der Waals surface area (Å²) in [5, 5.41) is 5.23. The van der Waals surface area contributed by atoms with Gasteiger partial charge in [0.25, 0.3) is 0 Å². The largest absolute Gasteiger partial charge is 0.463 e. The Morgan fingerprint density at radius 1 is 1.41 bits per heavy atom.